The molecule has 1 unspecified atom stereocenters. The van der Waals surface area contributed by atoms with E-state index in [0.717, 1.165) is 0 Å². The minimum atomic E-state index is -3.91. The molecule has 0 heterocycles. The topological polar surface area (TPSA) is 136 Å². The Balaban J connectivity index is 2.80. The lowest BCUT2D eigenvalue weighted by molar-refractivity contribution is -0.125. The van der Waals surface area contributed by atoms with Crippen molar-refractivity contribution in [2.45, 2.75) is 17.9 Å². The third-order valence-corrected chi connectivity index (χ3v) is 3.91. The summed E-state index contributed by atoms with van der Waals surface area (Å²) in [6.45, 7) is 1.34. The summed E-state index contributed by atoms with van der Waals surface area (Å²) in [5, 5.41) is 9.15. The molecule has 0 saturated heterocycles. The number of ether oxygens (including phenoxy) is 1. The van der Waals surface area contributed by atoms with Gasteiger partial charge in [0, 0.05) is 6.54 Å². The van der Waals surface area contributed by atoms with Crippen LogP contribution in [0.1, 0.15) is 17.3 Å². The fraction of sp³-hybridized carbons (Fsp3) is 0.333. The van der Waals surface area contributed by atoms with Crippen LogP contribution in [-0.4, -0.2) is 44.7 Å². The average molecular weight is 316 g/mol. The largest absolute Gasteiger partial charge is 0.462 e. The Morgan fingerprint density at radius 3 is 2.38 bits per heavy atom. The molecular formula is C12H16N2O6S. The predicted octanol–water partition coefficient (Wildman–Crippen LogP) is -1.01. The summed E-state index contributed by atoms with van der Waals surface area (Å²) >= 11 is 0. The molecule has 0 saturated carbocycles. The van der Waals surface area contributed by atoms with Crippen molar-refractivity contribution in [3.8, 4) is 0 Å². The number of nitrogens with one attached hydrogen (secondary N) is 1. The van der Waals surface area contributed by atoms with Gasteiger partial charge in [-0.05, 0) is 31.2 Å². The van der Waals surface area contributed by atoms with Crippen molar-refractivity contribution in [3.05, 3.63) is 29.8 Å². The van der Waals surface area contributed by atoms with Crippen molar-refractivity contribution >= 4 is 21.9 Å². The van der Waals surface area contributed by atoms with Crippen LogP contribution in [0, 0.1) is 0 Å². The number of benzene rings is 1. The summed E-state index contributed by atoms with van der Waals surface area (Å²) < 4.78 is 30.6. The summed E-state index contributed by atoms with van der Waals surface area (Å²) in [6.07, 6.45) is -1.61. The van der Waals surface area contributed by atoms with Gasteiger partial charge in [-0.25, -0.2) is 17.9 Å². The normalized spacial score (nSPS) is 12.7. The highest BCUT2D eigenvalue weighted by Gasteiger charge is 2.18. The zero-order valence-corrected chi connectivity index (χ0v) is 12.1. The van der Waals surface area contributed by atoms with Crippen molar-refractivity contribution in [3.63, 3.8) is 0 Å². The van der Waals surface area contributed by atoms with Gasteiger partial charge in [-0.15, -0.1) is 0 Å². The van der Waals surface area contributed by atoms with Gasteiger partial charge in [-0.2, -0.15) is 0 Å². The predicted molar refractivity (Wildman–Crippen MR) is 72.8 cm³/mol. The van der Waals surface area contributed by atoms with Crippen LogP contribution in [0.3, 0.4) is 0 Å². The summed E-state index contributed by atoms with van der Waals surface area (Å²) in [5.74, 6) is -1.59. The number of primary amides is 1. The van der Waals surface area contributed by atoms with Gasteiger partial charge < -0.3 is 15.6 Å². The summed E-state index contributed by atoms with van der Waals surface area (Å²) in [6, 6.07) is 5.03. The van der Waals surface area contributed by atoms with Gasteiger partial charge in [0.25, 0.3) is 0 Å². The number of amides is 1. The lowest BCUT2D eigenvalue weighted by Gasteiger charge is -2.09. The molecule has 4 N–H and O–H groups in total. The van der Waals surface area contributed by atoms with Crippen molar-refractivity contribution in [1.82, 2.24) is 4.72 Å². The smallest absolute Gasteiger partial charge is 0.338 e. The van der Waals surface area contributed by atoms with Gasteiger partial charge >= 0.3 is 5.97 Å². The van der Waals surface area contributed by atoms with Crippen LogP contribution in [0.4, 0.5) is 0 Å². The Kier molecular flexibility index (Phi) is 5.82. The molecule has 0 aliphatic carbocycles. The molecule has 0 spiro atoms. The van der Waals surface area contributed by atoms with Gasteiger partial charge in [-0.1, -0.05) is 0 Å². The fourth-order valence-corrected chi connectivity index (χ4v) is 2.40. The second-order valence-corrected chi connectivity index (χ2v) is 5.78. The van der Waals surface area contributed by atoms with E-state index in [2.05, 4.69) is 0 Å². The monoisotopic (exact) mass is 316 g/mol. The number of aliphatic hydroxyl groups is 1. The van der Waals surface area contributed by atoms with E-state index in [9.17, 15) is 18.0 Å². The van der Waals surface area contributed by atoms with Gasteiger partial charge in [0.2, 0.25) is 15.9 Å². The van der Waals surface area contributed by atoms with E-state index in [1.807, 2.05) is 4.72 Å². The Labute approximate surface area is 122 Å². The molecule has 0 bridgehead atoms. The first-order valence-corrected chi connectivity index (χ1v) is 7.50. The second kappa shape index (κ2) is 7.16. The standard InChI is InChI=1S/C12H16N2O6S/c1-2-20-12(17)8-3-5-9(6-4-8)21(18,19)14-7-10(15)11(13)16/h3-6,10,14-15H,2,7H2,1H3,(H2,13,16). The molecule has 21 heavy (non-hydrogen) atoms. The van der Waals surface area contributed by atoms with Gasteiger partial charge in [0.1, 0.15) is 6.10 Å². The summed E-state index contributed by atoms with van der Waals surface area (Å²) in [4.78, 5) is 21.9. The van der Waals surface area contributed by atoms with Gasteiger partial charge in [-0.3, -0.25) is 4.79 Å². The zero-order chi connectivity index (χ0) is 16.0. The minimum Gasteiger partial charge on any atom is -0.462 e. The Morgan fingerprint density at radius 1 is 1.33 bits per heavy atom. The molecule has 1 atom stereocenters. The summed E-state index contributed by atoms with van der Waals surface area (Å²) in [5.41, 5.74) is 5.03. The number of sulfonamides is 1. The Hall–Kier alpha value is -1.97. The highest BCUT2D eigenvalue weighted by Crippen LogP contribution is 2.11. The van der Waals surface area contributed by atoms with Crippen molar-refractivity contribution < 1.29 is 27.9 Å². The molecule has 9 heteroatoms. The van der Waals surface area contributed by atoms with Crippen LogP contribution in [-0.2, 0) is 19.6 Å². The average Bonchev–Trinajstić information content (AvgIpc) is 2.45. The number of carbonyl (C=O) groups excluding carboxylic acids is 2. The molecule has 0 aliphatic rings. The van der Waals surface area contributed by atoms with E-state index < -0.39 is 34.5 Å². The van der Waals surface area contributed by atoms with E-state index in [0.29, 0.717) is 0 Å². The van der Waals surface area contributed by atoms with Crippen LogP contribution in [0.15, 0.2) is 29.2 Å². The van der Waals surface area contributed by atoms with Gasteiger partial charge in [0.15, 0.2) is 0 Å². The van der Waals surface area contributed by atoms with Crippen LogP contribution < -0.4 is 10.5 Å². The maximum atomic E-state index is 11.9. The molecule has 8 nitrogen and oxygen atoms in total. The molecule has 1 amide bonds. The first-order chi connectivity index (χ1) is 9.77. The maximum Gasteiger partial charge on any atom is 0.338 e. The first kappa shape index (κ1) is 17.1. The van der Waals surface area contributed by atoms with Crippen LogP contribution in [0.2, 0.25) is 0 Å². The van der Waals surface area contributed by atoms with E-state index in [4.69, 9.17) is 15.6 Å². The number of hydrogen-bond acceptors (Lipinski definition) is 6. The molecule has 0 aromatic heterocycles. The molecule has 116 valence electrons. The molecule has 1 aromatic rings. The highest BCUT2D eigenvalue weighted by molar-refractivity contribution is 7.89. The van der Waals surface area contributed by atoms with E-state index in [1.165, 1.54) is 24.3 Å². The molecule has 0 aliphatic heterocycles. The molecule has 1 aromatic carbocycles. The summed E-state index contributed by atoms with van der Waals surface area (Å²) in [7, 11) is -3.91. The molecule has 0 radical (unpaired) electrons. The Morgan fingerprint density at radius 2 is 1.90 bits per heavy atom. The third kappa shape index (κ3) is 4.81. The lowest BCUT2D eigenvalue weighted by atomic mass is 10.2. The van der Waals surface area contributed by atoms with Crippen molar-refractivity contribution in [1.29, 1.82) is 0 Å². The number of aliphatic hydroxyl groups excluding tert-OH is 1. The maximum absolute atomic E-state index is 11.9. The van der Waals surface area contributed by atoms with Crippen molar-refractivity contribution in [2.24, 2.45) is 5.73 Å². The number of rotatable bonds is 7. The number of esters is 1. The zero-order valence-electron chi connectivity index (χ0n) is 11.3. The Bertz CT molecular complexity index is 611. The number of carbonyl (C=O) groups is 2. The van der Waals surface area contributed by atoms with Crippen LogP contribution in [0.5, 0.6) is 0 Å². The van der Waals surface area contributed by atoms with Crippen molar-refractivity contribution in [2.75, 3.05) is 13.2 Å². The fourth-order valence-electron chi connectivity index (χ4n) is 1.36. The quantitative estimate of drug-likeness (QED) is 0.551. The lowest BCUT2D eigenvalue weighted by Crippen LogP contribution is -2.39. The highest BCUT2D eigenvalue weighted by atomic mass is 32.2. The van der Waals surface area contributed by atoms with E-state index >= 15 is 0 Å². The van der Waals surface area contributed by atoms with Gasteiger partial charge in [0.05, 0.1) is 17.1 Å². The second-order valence-electron chi connectivity index (χ2n) is 4.01. The number of nitrogens with two attached hydrogens (primary N) is 1. The first-order valence-electron chi connectivity index (χ1n) is 6.02. The molecule has 1 rings (SSSR count). The minimum absolute atomic E-state index is 0.118. The molecule has 0 fully saturated rings. The van der Waals surface area contributed by atoms with E-state index in [-0.39, 0.29) is 17.1 Å². The molecular weight excluding hydrogens is 300 g/mol. The van der Waals surface area contributed by atoms with Crippen LogP contribution >= 0.6 is 0 Å². The van der Waals surface area contributed by atoms with E-state index in [1.54, 1.807) is 6.92 Å². The van der Waals surface area contributed by atoms with Crippen LogP contribution in [0.25, 0.3) is 0 Å². The number of hydrogen-bond donors (Lipinski definition) is 3. The SMILES string of the molecule is CCOC(=O)c1ccc(S(=O)(=O)NCC(O)C(N)=O)cc1. The third-order valence-electron chi connectivity index (χ3n) is 2.47.